The molecule has 0 aromatic heterocycles. The van der Waals surface area contributed by atoms with Gasteiger partial charge in [-0.2, -0.15) is 0 Å². The minimum absolute atomic E-state index is 0.00787. The van der Waals surface area contributed by atoms with Crippen LogP contribution in [0.1, 0.15) is 16.8 Å². The van der Waals surface area contributed by atoms with Gasteiger partial charge in [0.05, 0.1) is 12.7 Å². The number of hydrogen-bond donors (Lipinski definition) is 1. The Hall–Kier alpha value is -1.19. The molecule has 0 spiro atoms. The van der Waals surface area contributed by atoms with Crippen molar-refractivity contribution in [2.75, 3.05) is 13.7 Å². The number of aliphatic hydroxyl groups is 1. The largest absolute Gasteiger partial charge is 0.394 e. The molecule has 1 unspecified atom stereocenters. The molecule has 0 aliphatic rings. The van der Waals surface area contributed by atoms with E-state index in [1.54, 1.807) is 12.1 Å². The van der Waals surface area contributed by atoms with Crippen molar-refractivity contribution in [3.05, 3.63) is 35.9 Å². The highest BCUT2D eigenvalue weighted by Gasteiger charge is 2.13. The maximum absolute atomic E-state index is 11.6. The molecular formula is C11H14O3. The van der Waals surface area contributed by atoms with Crippen molar-refractivity contribution in [3.63, 3.8) is 0 Å². The molecule has 0 saturated carbocycles. The van der Waals surface area contributed by atoms with E-state index in [2.05, 4.69) is 0 Å². The van der Waals surface area contributed by atoms with Crippen LogP contribution in [0.15, 0.2) is 30.3 Å². The van der Waals surface area contributed by atoms with Gasteiger partial charge in [0.2, 0.25) is 0 Å². The van der Waals surface area contributed by atoms with E-state index in [0.717, 1.165) is 0 Å². The topological polar surface area (TPSA) is 46.5 Å². The molecule has 3 heteroatoms. The Kier molecular flexibility index (Phi) is 4.29. The molecule has 0 saturated heterocycles. The third kappa shape index (κ3) is 2.94. The molecule has 1 rings (SSSR count). The Morgan fingerprint density at radius 2 is 2.07 bits per heavy atom. The van der Waals surface area contributed by atoms with Gasteiger partial charge < -0.3 is 9.84 Å². The van der Waals surface area contributed by atoms with Crippen LogP contribution in [-0.2, 0) is 4.74 Å². The van der Waals surface area contributed by atoms with Crippen molar-refractivity contribution < 1.29 is 14.6 Å². The van der Waals surface area contributed by atoms with Gasteiger partial charge in [-0.1, -0.05) is 30.3 Å². The fourth-order valence-corrected chi connectivity index (χ4v) is 1.17. The maximum atomic E-state index is 11.6. The predicted molar refractivity (Wildman–Crippen MR) is 53.3 cm³/mol. The van der Waals surface area contributed by atoms with E-state index >= 15 is 0 Å². The number of rotatable bonds is 5. The Balaban J connectivity index is 2.59. The second kappa shape index (κ2) is 5.52. The highest BCUT2D eigenvalue weighted by Crippen LogP contribution is 2.06. The second-order valence-electron chi connectivity index (χ2n) is 3.03. The lowest BCUT2D eigenvalue weighted by molar-refractivity contribution is 0.0405. The first kappa shape index (κ1) is 10.9. The number of carbonyl (C=O) groups excluding carboxylic acids is 1. The van der Waals surface area contributed by atoms with Crippen LogP contribution in [0, 0.1) is 0 Å². The molecule has 1 aromatic rings. The number of ketones is 1. The molecule has 1 N–H and O–H groups in total. The van der Waals surface area contributed by atoms with Crippen molar-refractivity contribution in [3.8, 4) is 0 Å². The average Bonchev–Trinajstić information content (AvgIpc) is 2.26. The third-order valence-electron chi connectivity index (χ3n) is 2.05. The van der Waals surface area contributed by atoms with Gasteiger partial charge in [0.25, 0.3) is 0 Å². The lowest BCUT2D eigenvalue weighted by atomic mass is 10.1. The monoisotopic (exact) mass is 194 g/mol. The normalized spacial score (nSPS) is 12.4. The van der Waals surface area contributed by atoms with Crippen LogP contribution in [0.5, 0.6) is 0 Å². The van der Waals surface area contributed by atoms with E-state index in [9.17, 15) is 4.79 Å². The van der Waals surface area contributed by atoms with Crippen molar-refractivity contribution in [2.24, 2.45) is 0 Å². The molecule has 0 aliphatic heterocycles. The van der Waals surface area contributed by atoms with Crippen molar-refractivity contribution >= 4 is 5.78 Å². The van der Waals surface area contributed by atoms with Crippen LogP contribution in [0.3, 0.4) is 0 Å². The van der Waals surface area contributed by atoms with E-state index in [4.69, 9.17) is 9.84 Å². The maximum Gasteiger partial charge on any atom is 0.165 e. The van der Waals surface area contributed by atoms with Crippen LogP contribution >= 0.6 is 0 Å². The van der Waals surface area contributed by atoms with Gasteiger partial charge in [0, 0.05) is 19.1 Å². The van der Waals surface area contributed by atoms with E-state index in [1.165, 1.54) is 7.11 Å². The molecule has 3 nitrogen and oxygen atoms in total. The van der Waals surface area contributed by atoms with Gasteiger partial charge in [-0.15, -0.1) is 0 Å². The van der Waals surface area contributed by atoms with E-state index in [-0.39, 0.29) is 18.8 Å². The average molecular weight is 194 g/mol. The summed E-state index contributed by atoms with van der Waals surface area (Å²) in [5.74, 6) is -0.00787. The fourth-order valence-electron chi connectivity index (χ4n) is 1.17. The van der Waals surface area contributed by atoms with E-state index in [0.29, 0.717) is 5.56 Å². The predicted octanol–water partition coefficient (Wildman–Crippen LogP) is 1.27. The highest BCUT2D eigenvalue weighted by atomic mass is 16.5. The Morgan fingerprint density at radius 3 is 2.57 bits per heavy atom. The molecule has 1 atom stereocenters. The Labute approximate surface area is 83.3 Å². The lowest BCUT2D eigenvalue weighted by Crippen LogP contribution is -2.20. The Bertz CT molecular complexity index is 278. The van der Waals surface area contributed by atoms with Gasteiger partial charge in [-0.25, -0.2) is 0 Å². The minimum atomic E-state index is -0.400. The number of hydrogen-bond acceptors (Lipinski definition) is 3. The molecule has 0 amide bonds. The molecule has 0 heterocycles. The van der Waals surface area contributed by atoms with Crippen LogP contribution in [0.2, 0.25) is 0 Å². The summed E-state index contributed by atoms with van der Waals surface area (Å²) in [6.45, 7) is -0.130. The number of ether oxygens (including phenoxy) is 1. The van der Waals surface area contributed by atoms with E-state index in [1.807, 2.05) is 18.2 Å². The number of carbonyl (C=O) groups is 1. The zero-order valence-electron chi connectivity index (χ0n) is 8.14. The summed E-state index contributed by atoms with van der Waals surface area (Å²) in [4.78, 5) is 11.6. The summed E-state index contributed by atoms with van der Waals surface area (Å²) in [6, 6.07) is 9.00. The third-order valence-corrected chi connectivity index (χ3v) is 2.05. The van der Waals surface area contributed by atoms with Gasteiger partial charge in [-0.05, 0) is 0 Å². The van der Waals surface area contributed by atoms with Gasteiger partial charge in [-0.3, -0.25) is 4.79 Å². The number of benzene rings is 1. The number of aliphatic hydroxyl groups excluding tert-OH is 1. The first-order valence-electron chi connectivity index (χ1n) is 4.50. The SMILES string of the molecule is COC(CO)CC(=O)c1ccccc1. The zero-order chi connectivity index (χ0) is 10.4. The summed E-state index contributed by atoms with van der Waals surface area (Å²) in [5, 5.41) is 8.84. The molecule has 0 aliphatic carbocycles. The van der Waals surface area contributed by atoms with Gasteiger partial charge >= 0.3 is 0 Å². The van der Waals surface area contributed by atoms with Crippen molar-refractivity contribution in [1.82, 2.24) is 0 Å². The van der Waals surface area contributed by atoms with Crippen LogP contribution in [0.4, 0.5) is 0 Å². The summed E-state index contributed by atoms with van der Waals surface area (Å²) in [6.07, 6.45) is -0.181. The van der Waals surface area contributed by atoms with Crippen molar-refractivity contribution in [2.45, 2.75) is 12.5 Å². The Morgan fingerprint density at radius 1 is 1.43 bits per heavy atom. The molecule has 0 bridgehead atoms. The summed E-state index contributed by atoms with van der Waals surface area (Å²) in [7, 11) is 1.49. The summed E-state index contributed by atoms with van der Waals surface area (Å²) < 4.78 is 4.92. The number of Topliss-reactive ketones (excluding diaryl/α,β-unsaturated/α-hetero) is 1. The van der Waals surface area contributed by atoms with Crippen LogP contribution < -0.4 is 0 Å². The van der Waals surface area contributed by atoms with Crippen molar-refractivity contribution in [1.29, 1.82) is 0 Å². The molecule has 0 radical (unpaired) electrons. The molecule has 14 heavy (non-hydrogen) atoms. The summed E-state index contributed by atoms with van der Waals surface area (Å²) in [5.41, 5.74) is 0.656. The molecule has 1 aromatic carbocycles. The molecular weight excluding hydrogens is 180 g/mol. The summed E-state index contributed by atoms with van der Waals surface area (Å²) >= 11 is 0. The standard InChI is InChI=1S/C11H14O3/c1-14-10(8-12)7-11(13)9-5-3-2-4-6-9/h2-6,10,12H,7-8H2,1H3. The molecule has 0 fully saturated rings. The van der Waals surface area contributed by atoms with Crippen LogP contribution in [0.25, 0.3) is 0 Å². The van der Waals surface area contributed by atoms with Gasteiger partial charge in [0.15, 0.2) is 5.78 Å². The first-order chi connectivity index (χ1) is 6.77. The minimum Gasteiger partial charge on any atom is -0.394 e. The number of methoxy groups -OCH3 is 1. The van der Waals surface area contributed by atoms with Crippen LogP contribution in [-0.4, -0.2) is 30.7 Å². The quantitative estimate of drug-likeness (QED) is 0.718. The smallest absolute Gasteiger partial charge is 0.165 e. The fraction of sp³-hybridized carbons (Fsp3) is 0.364. The van der Waals surface area contributed by atoms with E-state index < -0.39 is 6.10 Å². The zero-order valence-corrected chi connectivity index (χ0v) is 8.14. The van der Waals surface area contributed by atoms with Gasteiger partial charge in [0.1, 0.15) is 0 Å². The second-order valence-corrected chi connectivity index (χ2v) is 3.03. The lowest BCUT2D eigenvalue weighted by Gasteiger charge is -2.10. The molecule has 76 valence electrons. The highest BCUT2D eigenvalue weighted by molar-refractivity contribution is 5.96. The first-order valence-corrected chi connectivity index (χ1v) is 4.50.